The second kappa shape index (κ2) is 7.27. The molecule has 1 rings (SSSR count). The predicted octanol–water partition coefficient (Wildman–Crippen LogP) is 4.31. The van der Waals surface area contributed by atoms with Crippen LogP contribution in [0.15, 0.2) is 35.2 Å². The van der Waals surface area contributed by atoms with Crippen LogP contribution >= 0.6 is 11.8 Å². The van der Waals surface area contributed by atoms with Gasteiger partial charge in [-0.05, 0) is 41.4 Å². The average molecular weight is 264 g/mol. The summed E-state index contributed by atoms with van der Waals surface area (Å²) in [4.78, 5) is 12.1. The Morgan fingerprint density at radius 1 is 1.33 bits per heavy atom. The highest BCUT2D eigenvalue weighted by Crippen LogP contribution is 2.25. The molecule has 0 aliphatic rings. The number of hydrogen-bond acceptors (Lipinski definition) is 2. The summed E-state index contributed by atoms with van der Waals surface area (Å²) in [6.07, 6.45) is 2.11. The molecule has 98 valence electrons. The summed E-state index contributed by atoms with van der Waals surface area (Å²) >= 11 is 1.79. The van der Waals surface area contributed by atoms with Crippen LogP contribution in [-0.2, 0) is 4.79 Å². The van der Waals surface area contributed by atoms with Gasteiger partial charge in [0, 0.05) is 11.0 Å². The molecular weight excluding hydrogens is 244 g/mol. The van der Waals surface area contributed by atoms with E-state index >= 15 is 0 Å². The van der Waals surface area contributed by atoms with E-state index in [1.807, 2.05) is 12.1 Å². The zero-order valence-electron chi connectivity index (χ0n) is 11.1. The molecule has 18 heavy (non-hydrogen) atoms. The quantitative estimate of drug-likeness (QED) is 0.614. The van der Waals surface area contributed by atoms with Gasteiger partial charge in [0.15, 0.2) is 0 Å². The Balaban J connectivity index is 2.95. The topological polar surface area (TPSA) is 37.3 Å². The molecule has 2 nitrogen and oxygen atoms in total. The van der Waals surface area contributed by atoms with Crippen molar-refractivity contribution in [3.8, 4) is 0 Å². The number of hydrogen-bond donors (Lipinski definition) is 1. The van der Waals surface area contributed by atoms with Crippen LogP contribution in [0.1, 0.15) is 32.8 Å². The van der Waals surface area contributed by atoms with Gasteiger partial charge in [-0.15, -0.1) is 11.8 Å². The fourth-order valence-electron chi connectivity index (χ4n) is 1.78. The smallest absolute Gasteiger partial charge is 0.328 e. The summed E-state index contributed by atoms with van der Waals surface area (Å²) in [5.74, 6) is 0.612. The highest BCUT2D eigenvalue weighted by Gasteiger charge is 2.07. The van der Waals surface area contributed by atoms with E-state index in [2.05, 4.69) is 32.9 Å². The third-order valence-electron chi connectivity index (χ3n) is 2.46. The summed E-state index contributed by atoms with van der Waals surface area (Å²) in [5.41, 5.74) is 1.90. The molecule has 0 unspecified atom stereocenters. The number of rotatable bonds is 6. The van der Waals surface area contributed by atoms with Crippen molar-refractivity contribution in [2.24, 2.45) is 5.92 Å². The SMILES string of the molecule is CCSc1ccc(/C(=C/C(=O)O)CC(C)C)cc1. The molecule has 1 aromatic rings. The zero-order valence-corrected chi connectivity index (χ0v) is 12.0. The van der Waals surface area contributed by atoms with Crippen molar-refractivity contribution in [3.63, 3.8) is 0 Å². The van der Waals surface area contributed by atoms with Gasteiger partial charge in [-0.1, -0.05) is 32.9 Å². The lowest BCUT2D eigenvalue weighted by atomic mass is 9.96. The molecule has 0 amide bonds. The Bertz CT molecular complexity index is 419. The Hall–Kier alpha value is -1.22. The zero-order chi connectivity index (χ0) is 13.5. The highest BCUT2D eigenvalue weighted by atomic mass is 32.2. The molecule has 0 saturated carbocycles. The van der Waals surface area contributed by atoms with Gasteiger partial charge in [0.1, 0.15) is 0 Å². The molecular formula is C15H20O2S. The fraction of sp³-hybridized carbons (Fsp3) is 0.400. The number of carbonyl (C=O) groups is 1. The van der Waals surface area contributed by atoms with Gasteiger partial charge in [0.2, 0.25) is 0 Å². The van der Waals surface area contributed by atoms with Crippen LogP contribution in [0.25, 0.3) is 5.57 Å². The van der Waals surface area contributed by atoms with E-state index in [1.54, 1.807) is 11.8 Å². The first kappa shape index (κ1) is 14.8. The Labute approximate surface area is 113 Å². The number of allylic oxidation sites excluding steroid dienone is 1. The third kappa shape index (κ3) is 4.96. The van der Waals surface area contributed by atoms with E-state index in [0.29, 0.717) is 5.92 Å². The van der Waals surface area contributed by atoms with Crippen molar-refractivity contribution in [2.45, 2.75) is 32.1 Å². The maximum Gasteiger partial charge on any atom is 0.328 e. The van der Waals surface area contributed by atoms with Crippen molar-refractivity contribution in [2.75, 3.05) is 5.75 Å². The number of carboxylic acid groups (broad SMARTS) is 1. The van der Waals surface area contributed by atoms with E-state index in [9.17, 15) is 4.79 Å². The van der Waals surface area contributed by atoms with Crippen molar-refractivity contribution < 1.29 is 9.90 Å². The maximum absolute atomic E-state index is 10.9. The lowest BCUT2D eigenvalue weighted by Gasteiger charge is -2.10. The largest absolute Gasteiger partial charge is 0.478 e. The molecule has 0 heterocycles. The van der Waals surface area contributed by atoms with Crippen molar-refractivity contribution >= 4 is 23.3 Å². The minimum absolute atomic E-state index is 0.445. The number of aliphatic carboxylic acids is 1. The Morgan fingerprint density at radius 3 is 2.39 bits per heavy atom. The van der Waals surface area contributed by atoms with Crippen LogP contribution in [0.3, 0.4) is 0 Å². The standard InChI is InChI=1S/C15H20O2S/c1-4-18-14-7-5-12(6-8-14)13(9-11(2)3)10-15(16)17/h5-8,10-11H,4,9H2,1-3H3,(H,16,17)/b13-10+. The van der Waals surface area contributed by atoms with Crippen LogP contribution in [0.2, 0.25) is 0 Å². The van der Waals surface area contributed by atoms with Crippen LogP contribution < -0.4 is 0 Å². The van der Waals surface area contributed by atoms with Gasteiger partial charge in [-0.3, -0.25) is 0 Å². The van der Waals surface area contributed by atoms with E-state index in [4.69, 9.17) is 5.11 Å². The average Bonchev–Trinajstić information content (AvgIpc) is 2.28. The summed E-state index contributed by atoms with van der Waals surface area (Å²) < 4.78 is 0. The molecule has 0 saturated heterocycles. The van der Waals surface area contributed by atoms with Gasteiger partial charge in [-0.25, -0.2) is 4.79 Å². The molecule has 1 aromatic carbocycles. The molecule has 0 bridgehead atoms. The number of carboxylic acids is 1. The highest BCUT2D eigenvalue weighted by molar-refractivity contribution is 7.99. The molecule has 3 heteroatoms. The number of benzene rings is 1. The molecule has 0 spiro atoms. The Kier molecular flexibility index (Phi) is 5.99. The normalized spacial score (nSPS) is 11.9. The first-order chi connectivity index (χ1) is 8.52. The van der Waals surface area contributed by atoms with Gasteiger partial charge in [0.25, 0.3) is 0 Å². The molecule has 1 N–H and O–H groups in total. The van der Waals surface area contributed by atoms with Crippen LogP contribution in [-0.4, -0.2) is 16.8 Å². The third-order valence-corrected chi connectivity index (χ3v) is 3.36. The molecule has 0 radical (unpaired) electrons. The van der Waals surface area contributed by atoms with E-state index in [0.717, 1.165) is 23.3 Å². The van der Waals surface area contributed by atoms with Crippen LogP contribution in [0, 0.1) is 5.92 Å². The van der Waals surface area contributed by atoms with Gasteiger partial charge < -0.3 is 5.11 Å². The van der Waals surface area contributed by atoms with Crippen LogP contribution in [0.4, 0.5) is 0 Å². The van der Waals surface area contributed by atoms with Gasteiger partial charge >= 0.3 is 5.97 Å². The molecule has 0 fully saturated rings. The van der Waals surface area contributed by atoms with Crippen molar-refractivity contribution in [3.05, 3.63) is 35.9 Å². The van der Waals surface area contributed by atoms with E-state index in [1.165, 1.54) is 11.0 Å². The predicted molar refractivity (Wildman–Crippen MR) is 77.9 cm³/mol. The molecule has 0 aliphatic heterocycles. The minimum atomic E-state index is -0.877. The summed E-state index contributed by atoms with van der Waals surface area (Å²) in [6.45, 7) is 6.31. The van der Waals surface area contributed by atoms with Crippen molar-refractivity contribution in [1.82, 2.24) is 0 Å². The monoisotopic (exact) mass is 264 g/mol. The lowest BCUT2D eigenvalue weighted by Crippen LogP contribution is -1.96. The summed E-state index contributed by atoms with van der Waals surface area (Å²) in [7, 11) is 0. The molecule has 0 atom stereocenters. The van der Waals surface area contributed by atoms with Gasteiger partial charge in [0.05, 0.1) is 0 Å². The summed E-state index contributed by atoms with van der Waals surface area (Å²) in [6, 6.07) is 8.13. The summed E-state index contributed by atoms with van der Waals surface area (Å²) in [5, 5.41) is 8.92. The second-order valence-electron chi connectivity index (χ2n) is 4.56. The first-order valence-electron chi connectivity index (χ1n) is 6.19. The van der Waals surface area contributed by atoms with E-state index < -0.39 is 5.97 Å². The lowest BCUT2D eigenvalue weighted by molar-refractivity contribution is -0.131. The van der Waals surface area contributed by atoms with Crippen LogP contribution in [0.5, 0.6) is 0 Å². The first-order valence-corrected chi connectivity index (χ1v) is 7.18. The second-order valence-corrected chi connectivity index (χ2v) is 5.90. The van der Waals surface area contributed by atoms with Gasteiger partial charge in [-0.2, -0.15) is 0 Å². The van der Waals surface area contributed by atoms with E-state index in [-0.39, 0.29) is 0 Å². The molecule has 0 aromatic heterocycles. The Morgan fingerprint density at radius 2 is 1.94 bits per heavy atom. The van der Waals surface area contributed by atoms with Crippen molar-refractivity contribution in [1.29, 1.82) is 0 Å². The molecule has 0 aliphatic carbocycles. The fourth-order valence-corrected chi connectivity index (χ4v) is 2.44. The maximum atomic E-state index is 10.9. The number of thioether (sulfide) groups is 1. The minimum Gasteiger partial charge on any atom is -0.478 e.